The van der Waals surface area contributed by atoms with Crippen LogP contribution < -0.4 is 38.6 Å². The van der Waals surface area contributed by atoms with Crippen LogP contribution in [0.5, 0.6) is 40.2 Å². The Morgan fingerprint density at radius 3 is 1.64 bits per heavy atom. The Bertz CT molecular complexity index is 1550. The van der Waals surface area contributed by atoms with Crippen LogP contribution in [0.3, 0.4) is 0 Å². The SMILES string of the molecule is COc1cc(OC(C)=O)c(-c2oc3cc(OC)c(OC(C)=O)c(OC(C)=O)c3c(=O)c2OC)cc1OC(C)=O. The van der Waals surface area contributed by atoms with Crippen LogP contribution in [0.2, 0.25) is 0 Å². The second kappa shape index (κ2) is 11.5. The summed E-state index contributed by atoms with van der Waals surface area (Å²) in [5.41, 5.74) is -1.06. The highest BCUT2D eigenvalue weighted by atomic mass is 16.6. The number of ether oxygens (including phenoxy) is 7. The van der Waals surface area contributed by atoms with Crippen molar-refractivity contribution in [2.75, 3.05) is 21.3 Å². The van der Waals surface area contributed by atoms with Gasteiger partial charge < -0.3 is 37.6 Å². The van der Waals surface area contributed by atoms with Gasteiger partial charge in [0.05, 0.1) is 26.9 Å². The normalized spacial score (nSPS) is 10.4. The summed E-state index contributed by atoms with van der Waals surface area (Å²) in [6.07, 6.45) is 0. The molecule has 0 aliphatic carbocycles. The minimum Gasteiger partial charge on any atom is -0.493 e. The summed E-state index contributed by atoms with van der Waals surface area (Å²) >= 11 is 0. The van der Waals surface area contributed by atoms with Crippen LogP contribution in [0, 0.1) is 0 Å². The van der Waals surface area contributed by atoms with E-state index in [1.165, 1.54) is 46.5 Å². The summed E-state index contributed by atoms with van der Waals surface area (Å²) in [7, 11) is 3.73. The highest BCUT2D eigenvalue weighted by Crippen LogP contribution is 2.47. The summed E-state index contributed by atoms with van der Waals surface area (Å²) in [6, 6.07) is 3.74. The molecule has 13 nitrogen and oxygen atoms in total. The Kier molecular flexibility index (Phi) is 8.44. The van der Waals surface area contributed by atoms with Crippen LogP contribution in [-0.2, 0) is 19.2 Å². The molecule has 0 atom stereocenters. The molecule has 1 heterocycles. The first-order valence-electron chi connectivity index (χ1n) is 11.1. The van der Waals surface area contributed by atoms with Gasteiger partial charge in [0.1, 0.15) is 16.7 Å². The molecule has 2 aromatic carbocycles. The second-order valence-electron chi connectivity index (χ2n) is 7.78. The first-order chi connectivity index (χ1) is 18.4. The molecular formula is C26H24O13. The van der Waals surface area contributed by atoms with Crippen LogP contribution in [0.25, 0.3) is 22.3 Å². The maximum atomic E-state index is 13.7. The first kappa shape index (κ1) is 28.5. The third kappa shape index (κ3) is 5.92. The molecule has 0 aliphatic rings. The van der Waals surface area contributed by atoms with Crippen molar-refractivity contribution >= 4 is 34.8 Å². The molecule has 1 aromatic heterocycles. The monoisotopic (exact) mass is 544 g/mol. The van der Waals surface area contributed by atoms with Crippen molar-refractivity contribution in [2.24, 2.45) is 0 Å². The van der Waals surface area contributed by atoms with Gasteiger partial charge in [0.2, 0.25) is 16.9 Å². The van der Waals surface area contributed by atoms with Crippen LogP contribution >= 0.6 is 0 Å². The van der Waals surface area contributed by atoms with Crippen LogP contribution in [0.15, 0.2) is 27.4 Å². The number of methoxy groups -OCH3 is 3. The molecule has 0 unspecified atom stereocenters. The molecule has 0 saturated carbocycles. The van der Waals surface area contributed by atoms with E-state index in [-0.39, 0.29) is 51.0 Å². The van der Waals surface area contributed by atoms with Gasteiger partial charge in [-0.3, -0.25) is 24.0 Å². The average molecular weight is 544 g/mol. The van der Waals surface area contributed by atoms with E-state index >= 15 is 0 Å². The highest BCUT2D eigenvalue weighted by molar-refractivity contribution is 5.95. The van der Waals surface area contributed by atoms with Crippen molar-refractivity contribution in [1.29, 1.82) is 0 Å². The lowest BCUT2D eigenvalue weighted by Gasteiger charge is -2.18. The van der Waals surface area contributed by atoms with Crippen molar-refractivity contribution in [1.82, 2.24) is 0 Å². The lowest BCUT2D eigenvalue weighted by atomic mass is 10.1. The summed E-state index contributed by atoms with van der Waals surface area (Å²) in [5, 5.41) is -0.314. The maximum Gasteiger partial charge on any atom is 0.308 e. The zero-order valence-electron chi connectivity index (χ0n) is 22.0. The number of carbonyl (C=O) groups excluding carboxylic acids is 4. The van der Waals surface area contributed by atoms with Crippen LogP contribution in [-0.4, -0.2) is 45.2 Å². The van der Waals surface area contributed by atoms with E-state index in [1.54, 1.807) is 0 Å². The van der Waals surface area contributed by atoms with Gasteiger partial charge >= 0.3 is 23.9 Å². The fourth-order valence-corrected chi connectivity index (χ4v) is 3.61. The minimum atomic E-state index is -0.848. The van der Waals surface area contributed by atoms with E-state index in [1.807, 2.05) is 0 Å². The van der Waals surface area contributed by atoms with Gasteiger partial charge in [-0.25, -0.2) is 0 Å². The van der Waals surface area contributed by atoms with Gasteiger partial charge in [-0.05, 0) is 6.07 Å². The molecule has 0 fully saturated rings. The zero-order valence-corrected chi connectivity index (χ0v) is 22.0. The molecule has 0 saturated heterocycles. The van der Waals surface area contributed by atoms with Crippen molar-refractivity contribution < 1.29 is 56.8 Å². The maximum absolute atomic E-state index is 13.7. The smallest absolute Gasteiger partial charge is 0.308 e. The summed E-state index contributed by atoms with van der Waals surface area (Å²) in [6.45, 7) is 4.50. The molecule has 3 aromatic rings. The van der Waals surface area contributed by atoms with Gasteiger partial charge in [-0.2, -0.15) is 0 Å². The number of hydrogen-bond acceptors (Lipinski definition) is 13. The summed E-state index contributed by atoms with van der Waals surface area (Å²) < 4.78 is 42.8. The molecule has 0 aliphatic heterocycles. The average Bonchev–Trinajstić information content (AvgIpc) is 2.84. The number of benzene rings is 2. The third-order valence-corrected chi connectivity index (χ3v) is 4.95. The topological polar surface area (TPSA) is 163 Å². The molecule has 0 amide bonds. The van der Waals surface area contributed by atoms with E-state index in [9.17, 15) is 24.0 Å². The van der Waals surface area contributed by atoms with Crippen molar-refractivity contribution in [3.05, 3.63) is 28.4 Å². The predicted octanol–water partition coefficient (Wildman–Crippen LogP) is 3.19. The number of fused-ring (bicyclic) bond motifs is 1. The van der Waals surface area contributed by atoms with Gasteiger partial charge in [-0.1, -0.05) is 0 Å². The van der Waals surface area contributed by atoms with Gasteiger partial charge in [-0.15, -0.1) is 0 Å². The lowest BCUT2D eigenvalue weighted by Crippen LogP contribution is -2.14. The molecule has 13 heteroatoms. The first-order valence-corrected chi connectivity index (χ1v) is 11.1. The Balaban J connectivity index is 2.51. The molecule has 0 spiro atoms. The molecule has 3 rings (SSSR count). The Morgan fingerprint density at radius 2 is 1.13 bits per heavy atom. The number of esters is 4. The van der Waals surface area contributed by atoms with Gasteiger partial charge in [0.15, 0.2) is 28.8 Å². The van der Waals surface area contributed by atoms with E-state index in [0.717, 1.165) is 20.8 Å². The van der Waals surface area contributed by atoms with E-state index in [4.69, 9.17) is 37.6 Å². The van der Waals surface area contributed by atoms with Gasteiger partial charge in [0, 0.05) is 39.8 Å². The van der Waals surface area contributed by atoms with Crippen molar-refractivity contribution in [3.8, 4) is 51.6 Å². The molecule has 0 radical (unpaired) electrons. The number of carbonyl (C=O) groups is 4. The van der Waals surface area contributed by atoms with Gasteiger partial charge in [0.25, 0.3) is 0 Å². The highest BCUT2D eigenvalue weighted by Gasteiger charge is 2.29. The Morgan fingerprint density at radius 1 is 0.590 bits per heavy atom. The quantitative estimate of drug-likeness (QED) is 0.300. The molecular weight excluding hydrogens is 520 g/mol. The minimum absolute atomic E-state index is 0.0323. The summed E-state index contributed by atoms with van der Waals surface area (Å²) in [4.78, 5) is 61.0. The summed E-state index contributed by atoms with van der Waals surface area (Å²) in [5.74, 6) is -4.73. The van der Waals surface area contributed by atoms with E-state index in [0.29, 0.717) is 0 Å². The van der Waals surface area contributed by atoms with E-state index in [2.05, 4.69) is 0 Å². The molecule has 0 N–H and O–H groups in total. The molecule has 0 bridgehead atoms. The third-order valence-electron chi connectivity index (χ3n) is 4.95. The fraction of sp³-hybridized carbons (Fsp3) is 0.269. The largest absolute Gasteiger partial charge is 0.493 e. The number of hydrogen-bond donors (Lipinski definition) is 0. The van der Waals surface area contributed by atoms with Crippen LogP contribution in [0.4, 0.5) is 0 Å². The lowest BCUT2D eigenvalue weighted by molar-refractivity contribution is -0.134. The van der Waals surface area contributed by atoms with Crippen molar-refractivity contribution in [3.63, 3.8) is 0 Å². The molecule has 39 heavy (non-hydrogen) atoms. The molecule has 206 valence electrons. The Hall–Kier alpha value is -5.07. The standard InChI is InChI=1S/C26H24O13/c1-11(27)35-16-9-17(32-5)18(36-12(2)28)8-15(16)23-26(34-7)22(31)21-19(39-23)10-20(33-6)24(37-13(3)29)25(21)38-14(4)30/h8-10H,1-7H3. The van der Waals surface area contributed by atoms with Crippen LogP contribution in [0.1, 0.15) is 27.7 Å². The van der Waals surface area contributed by atoms with E-state index < -0.39 is 40.8 Å². The fourth-order valence-electron chi connectivity index (χ4n) is 3.61. The zero-order chi connectivity index (χ0) is 29.0. The number of rotatable bonds is 8. The van der Waals surface area contributed by atoms with Crippen molar-refractivity contribution in [2.45, 2.75) is 27.7 Å². The second-order valence-corrected chi connectivity index (χ2v) is 7.78. The predicted molar refractivity (Wildman–Crippen MR) is 133 cm³/mol. The Labute approximate surface area is 221 Å².